The minimum Gasteiger partial charge on any atom is -0.462 e. The van der Waals surface area contributed by atoms with E-state index in [0.29, 0.717) is 55.1 Å². The monoisotopic (exact) mass is 451 g/mol. The molecular weight excluding hydrogens is 414 g/mol. The van der Waals surface area contributed by atoms with Crippen LogP contribution in [0.5, 0.6) is 0 Å². The number of nitrogens with one attached hydrogen (secondary N) is 1. The Balaban J connectivity index is 0.00000231. The lowest BCUT2D eigenvalue weighted by Crippen LogP contribution is -2.57. The van der Waals surface area contributed by atoms with Crippen molar-refractivity contribution in [2.24, 2.45) is 40.4 Å². The maximum Gasteiger partial charge on any atom is 0.310 e. The van der Waals surface area contributed by atoms with Gasteiger partial charge in [-0.3, -0.25) is 14.4 Å². The number of piperidine rings is 1. The van der Waals surface area contributed by atoms with Gasteiger partial charge < -0.3 is 10.1 Å². The molecule has 0 aromatic carbocycles. The third-order valence-electron chi connectivity index (χ3n) is 10.0. The molecule has 6 heteroatoms. The summed E-state index contributed by atoms with van der Waals surface area (Å²) in [5.74, 6) is 1.99. The summed E-state index contributed by atoms with van der Waals surface area (Å²) >= 11 is 0. The molecule has 5 aliphatic rings. The van der Waals surface area contributed by atoms with E-state index in [1.807, 2.05) is 0 Å². The standard InChI is InChI=1S/C25H37NO4.ClH/c1-24-9-7-16(30-23(29)15-4-3-11-26-14-15)12-20(24)21(27)13-17-18-5-6-22(28)25(18,2)10-8-19(17)24;/h15-20,26H,3-14H2,1-2H3;1H/t15?,16-,17-,18-,19-,20?,24+,25-;/m0./s1. The molecule has 1 N–H and O–H groups in total. The van der Waals surface area contributed by atoms with E-state index in [4.69, 9.17) is 4.74 Å². The molecule has 0 radical (unpaired) electrons. The molecule has 5 rings (SSSR count). The smallest absolute Gasteiger partial charge is 0.310 e. The number of fused-ring (bicyclic) bond motifs is 5. The van der Waals surface area contributed by atoms with Gasteiger partial charge >= 0.3 is 5.97 Å². The summed E-state index contributed by atoms with van der Waals surface area (Å²) in [6.45, 7) is 6.19. The molecule has 0 bridgehead atoms. The van der Waals surface area contributed by atoms with Crippen LogP contribution >= 0.6 is 12.4 Å². The van der Waals surface area contributed by atoms with E-state index in [2.05, 4.69) is 19.2 Å². The summed E-state index contributed by atoms with van der Waals surface area (Å²) in [4.78, 5) is 38.6. The second kappa shape index (κ2) is 8.44. The molecule has 1 heterocycles. The number of rotatable bonds is 2. The fourth-order valence-corrected chi connectivity index (χ4v) is 8.20. The van der Waals surface area contributed by atoms with Crippen molar-refractivity contribution in [1.29, 1.82) is 0 Å². The molecule has 4 aliphatic carbocycles. The molecule has 2 unspecified atom stereocenters. The Morgan fingerprint density at radius 1 is 1.06 bits per heavy atom. The molecule has 4 saturated carbocycles. The van der Waals surface area contributed by atoms with Crippen molar-refractivity contribution >= 4 is 29.9 Å². The SMILES string of the molecule is C[C@]12CC[C@H](OC(=O)C3CCCNC3)CC1C(=O)C[C@@H]1[C@@H]2CC[C@]2(C)C(=O)CC[C@@H]12.Cl. The van der Waals surface area contributed by atoms with Crippen LogP contribution in [0.3, 0.4) is 0 Å². The van der Waals surface area contributed by atoms with E-state index in [0.717, 1.165) is 51.5 Å². The van der Waals surface area contributed by atoms with Gasteiger partial charge in [-0.25, -0.2) is 0 Å². The second-order valence-corrected chi connectivity index (χ2v) is 11.4. The van der Waals surface area contributed by atoms with Gasteiger partial charge in [-0.1, -0.05) is 13.8 Å². The maximum atomic E-state index is 13.4. The molecule has 5 fully saturated rings. The van der Waals surface area contributed by atoms with Crippen LogP contribution in [0.2, 0.25) is 0 Å². The second-order valence-electron chi connectivity index (χ2n) is 11.4. The van der Waals surface area contributed by atoms with Crippen LogP contribution in [0.4, 0.5) is 0 Å². The molecule has 1 aliphatic heterocycles. The van der Waals surface area contributed by atoms with E-state index in [-0.39, 0.29) is 47.1 Å². The van der Waals surface area contributed by atoms with Gasteiger partial charge in [0.2, 0.25) is 0 Å². The number of Topliss-reactive ketones (excluding diaryl/α,β-unsaturated/α-hetero) is 2. The summed E-state index contributed by atoms with van der Waals surface area (Å²) in [5.41, 5.74) is -0.187. The quantitative estimate of drug-likeness (QED) is 0.639. The van der Waals surface area contributed by atoms with Crippen LogP contribution in [0.15, 0.2) is 0 Å². The summed E-state index contributed by atoms with van der Waals surface area (Å²) in [6.07, 6.45) is 8.71. The summed E-state index contributed by atoms with van der Waals surface area (Å²) in [7, 11) is 0. The summed E-state index contributed by atoms with van der Waals surface area (Å²) in [5, 5.41) is 3.29. The van der Waals surface area contributed by atoms with Crippen LogP contribution in [0, 0.1) is 40.4 Å². The number of hydrogen-bond acceptors (Lipinski definition) is 5. The third kappa shape index (κ3) is 3.68. The average Bonchev–Trinajstić information content (AvgIpc) is 3.04. The van der Waals surface area contributed by atoms with Gasteiger partial charge in [0.15, 0.2) is 0 Å². The number of halogens is 1. The summed E-state index contributed by atoms with van der Waals surface area (Å²) in [6, 6.07) is 0. The first-order valence-corrected chi connectivity index (χ1v) is 12.3. The Bertz CT molecular complexity index is 750. The molecule has 1 saturated heterocycles. The molecule has 8 atom stereocenters. The van der Waals surface area contributed by atoms with Crippen LogP contribution in [0.1, 0.15) is 78.1 Å². The Morgan fingerprint density at radius 3 is 2.61 bits per heavy atom. The molecule has 0 aromatic heterocycles. The van der Waals surface area contributed by atoms with Crippen LogP contribution in [-0.4, -0.2) is 36.7 Å². The number of hydrogen-bond donors (Lipinski definition) is 1. The van der Waals surface area contributed by atoms with Crippen LogP contribution < -0.4 is 5.32 Å². The maximum absolute atomic E-state index is 13.4. The molecule has 0 amide bonds. The first-order valence-electron chi connectivity index (χ1n) is 12.3. The van der Waals surface area contributed by atoms with Gasteiger partial charge in [-0.15, -0.1) is 12.4 Å². The van der Waals surface area contributed by atoms with E-state index >= 15 is 0 Å². The number of ether oxygens (including phenoxy) is 1. The van der Waals surface area contributed by atoms with Crippen molar-refractivity contribution < 1.29 is 19.1 Å². The lowest BCUT2D eigenvalue weighted by atomic mass is 9.45. The first-order chi connectivity index (χ1) is 14.3. The van der Waals surface area contributed by atoms with Crippen molar-refractivity contribution in [2.45, 2.75) is 84.2 Å². The highest BCUT2D eigenvalue weighted by molar-refractivity contribution is 5.88. The normalized spacial score (nSPS) is 46.9. The third-order valence-corrected chi connectivity index (χ3v) is 10.0. The average molecular weight is 452 g/mol. The Hall–Kier alpha value is -0.940. The van der Waals surface area contributed by atoms with E-state index in [9.17, 15) is 14.4 Å². The van der Waals surface area contributed by atoms with Gasteiger partial charge in [-0.2, -0.15) is 0 Å². The number of carbonyl (C=O) groups is 3. The number of esters is 1. The highest BCUT2D eigenvalue weighted by atomic mass is 35.5. The zero-order chi connectivity index (χ0) is 21.1. The highest BCUT2D eigenvalue weighted by Gasteiger charge is 2.62. The van der Waals surface area contributed by atoms with Crippen molar-refractivity contribution in [3.05, 3.63) is 0 Å². The molecule has 0 aromatic rings. The number of ketones is 2. The van der Waals surface area contributed by atoms with Gasteiger partial charge in [0, 0.05) is 30.7 Å². The van der Waals surface area contributed by atoms with Crippen LogP contribution in [-0.2, 0) is 19.1 Å². The fourth-order valence-electron chi connectivity index (χ4n) is 8.20. The summed E-state index contributed by atoms with van der Waals surface area (Å²) < 4.78 is 5.93. The van der Waals surface area contributed by atoms with Gasteiger partial charge in [0.25, 0.3) is 0 Å². The highest BCUT2D eigenvalue weighted by Crippen LogP contribution is 2.64. The van der Waals surface area contributed by atoms with Crippen LogP contribution in [0.25, 0.3) is 0 Å². The zero-order valence-corrected chi connectivity index (χ0v) is 19.8. The Morgan fingerprint density at radius 2 is 1.87 bits per heavy atom. The molecule has 5 nitrogen and oxygen atoms in total. The zero-order valence-electron chi connectivity index (χ0n) is 19.0. The molecular formula is C25H38ClNO4. The van der Waals surface area contributed by atoms with Gasteiger partial charge in [0.1, 0.15) is 17.7 Å². The number of carbonyl (C=O) groups excluding carboxylic acids is 3. The lowest BCUT2D eigenvalue weighted by Gasteiger charge is -2.59. The predicted octanol–water partition coefficient (Wildman–Crippen LogP) is 4.11. The fraction of sp³-hybridized carbons (Fsp3) is 0.880. The topological polar surface area (TPSA) is 72.5 Å². The minimum atomic E-state index is -0.189. The largest absolute Gasteiger partial charge is 0.462 e. The first kappa shape index (κ1) is 23.2. The lowest BCUT2D eigenvalue weighted by molar-refractivity contribution is -0.172. The molecule has 31 heavy (non-hydrogen) atoms. The van der Waals surface area contributed by atoms with Gasteiger partial charge in [-0.05, 0) is 81.1 Å². The van der Waals surface area contributed by atoms with Crippen molar-refractivity contribution in [3.63, 3.8) is 0 Å². The Kier molecular flexibility index (Phi) is 6.33. The van der Waals surface area contributed by atoms with Crippen molar-refractivity contribution in [1.82, 2.24) is 5.32 Å². The van der Waals surface area contributed by atoms with Crippen molar-refractivity contribution in [2.75, 3.05) is 13.1 Å². The van der Waals surface area contributed by atoms with E-state index in [1.54, 1.807) is 0 Å². The Labute approximate surface area is 192 Å². The predicted molar refractivity (Wildman–Crippen MR) is 120 cm³/mol. The van der Waals surface area contributed by atoms with Gasteiger partial charge in [0.05, 0.1) is 5.92 Å². The van der Waals surface area contributed by atoms with E-state index < -0.39 is 0 Å². The minimum absolute atomic E-state index is 0. The van der Waals surface area contributed by atoms with E-state index in [1.165, 1.54) is 0 Å². The molecule has 174 valence electrons. The molecule has 0 spiro atoms. The van der Waals surface area contributed by atoms with Crippen molar-refractivity contribution in [3.8, 4) is 0 Å².